The van der Waals surface area contributed by atoms with Crippen molar-refractivity contribution in [2.24, 2.45) is 0 Å². The number of hydrogen-bond donors (Lipinski definition) is 0. The molecule has 1 atom stereocenters. The molecule has 1 saturated carbocycles. The molecule has 7 nitrogen and oxygen atoms in total. The molecule has 178 valence electrons. The van der Waals surface area contributed by atoms with Gasteiger partial charge in [-0.1, -0.05) is 19.3 Å². The number of carbonyl (C=O) groups excluding carboxylic acids is 2. The van der Waals surface area contributed by atoms with Crippen molar-refractivity contribution in [2.45, 2.75) is 96.4 Å². The molecular formula is C24H44N4O3. The van der Waals surface area contributed by atoms with Crippen LogP contribution in [0.2, 0.25) is 0 Å². The molecule has 0 unspecified atom stereocenters. The highest BCUT2D eigenvalue weighted by atomic mass is 16.6. The summed E-state index contributed by atoms with van der Waals surface area (Å²) in [6.45, 7) is 13.2. The standard InChI is InChI=1S/C24H44N4O3/c1-19(28(21-9-7-6-8-10-21)23(30)31-24(2,3)4)22(29)27-17-15-26(16-18-27)20-11-13-25(5)14-12-20/h19-21H,6-18H2,1-5H3/t19-/m1/s1. The summed E-state index contributed by atoms with van der Waals surface area (Å²) in [6.07, 6.45) is 7.44. The Morgan fingerprint density at radius 3 is 2.03 bits per heavy atom. The van der Waals surface area contributed by atoms with Gasteiger partial charge in [-0.2, -0.15) is 0 Å². The quantitative estimate of drug-likeness (QED) is 0.677. The van der Waals surface area contributed by atoms with Crippen LogP contribution >= 0.6 is 0 Å². The monoisotopic (exact) mass is 436 g/mol. The summed E-state index contributed by atoms with van der Waals surface area (Å²) in [5.74, 6) is 0.0689. The molecule has 3 fully saturated rings. The number of hydrogen-bond acceptors (Lipinski definition) is 5. The molecule has 0 spiro atoms. The summed E-state index contributed by atoms with van der Waals surface area (Å²) >= 11 is 0. The second-order valence-corrected chi connectivity index (χ2v) is 10.8. The van der Waals surface area contributed by atoms with Crippen LogP contribution in [0.5, 0.6) is 0 Å². The Morgan fingerprint density at radius 2 is 1.48 bits per heavy atom. The lowest BCUT2D eigenvalue weighted by Gasteiger charge is -2.44. The van der Waals surface area contributed by atoms with Crippen LogP contribution in [0.1, 0.15) is 72.6 Å². The van der Waals surface area contributed by atoms with Crippen molar-refractivity contribution >= 4 is 12.0 Å². The summed E-state index contributed by atoms with van der Waals surface area (Å²) in [5.41, 5.74) is -0.563. The van der Waals surface area contributed by atoms with Crippen LogP contribution in [0.25, 0.3) is 0 Å². The van der Waals surface area contributed by atoms with Crippen molar-refractivity contribution in [3.8, 4) is 0 Å². The molecule has 2 amide bonds. The molecular weight excluding hydrogens is 392 g/mol. The molecule has 2 saturated heterocycles. The predicted octanol–water partition coefficient (Wildman–Crippen LogP) is 3.18. The number of rotatable bonds is 4. The molecule has 0 aromatic carbocycles. The lowest BCUT2D eigenvalue weighted by molar-refractivity contribution is -0.139. The van der Waals surface area contributed by atoms with E-state index in [-0.39, 0.29) is 18.0 Å². The Kier molecular flexibility index (Phi) is 8.25. The van der Waals surface area contributed by atoms with Crippen LogP contribution in [-0.2, 0) is 9.53 Å². The number of carbonyl (C=O) groups is 2. The summed E-state index contributed by atoms with van der Waals surface area (Å²) < 4.78 is 5.72. The first-order valence-corrected chi connectivity index (χ1v) is 12.4. The van der Waals surface area contributed by atoms with E-state index in [2.05, 4.69) is 16.8 Å². The third-order valence-corrected chi connectivity index (χ3v) is 7.18. The number of amides is 2. The SMILES string of the molecule is C[C@H](C(=O)N1CCN(C2CCN(C)CC2)CC1)N(C(=O)OC(C)(C)C)C1CCCCC1. The van der Waals surface area contributed by atoms with Crippen molar-refractivity contribution in [1.82, 2.24) is 19.6 Å². The van der Waals surface area contributed by atoms with Crippen molar-refractivity contribution in [2.75, 3.05) is 46.3 Å². The minimum Gasteiger partial charge on any atom is -0.444 e. The van der Waals surface area contributed by atoms with Gasteiger partial charge in [0.2, 0.25) is 5.91 Å². The minimum absolute atomic E-state index is 0.0689. The number of piperidine rings is 1. The average molecular weight is 437 g/mol. The van der Waals surface area contributed by atoms with Crippen LogP contribution in [0.15, 0.2) is 0 Å². The number of nitrogens with zero attached hydrogens (tertiary/aromatic N) is 4. The van der Waals surface area contributed by atoms with E-state index in [0.29, 0.717) is 6.04 Å². The maximum atomic E-state index is 13.4. The van der Waals surface area contributed by atoms with Crippen molar-refractivity contribution in [3.05, 3.63) is 0 Å². The van der Waals surface area contributed by atoms with E-state index in [0.717, 1.165) is 65.0 Å². The minimum atomic E-state index is -0.563. The molecule has 0 aromatic rings. The second kappa shape index (κ2) is 10.5. The number of piperazine rings is 1. The van der Waals surface area contributed by atoms with E-state index in [1.807, 2.05) is 32.6 Å². The molecule has 7 heteroatoms. The van der Waals surface area contributed by atoms with Gasteiger partial charge in [0.25, 0.3) is 0 Å². The first-order chi connectivity index (χ1) is 14.7. The fourth-order valence-electron chi connectivity index (χ4n) is 5.35. The maximum Gasteiger partial charge on any atom is 0.411 e. The van der Waals surface area contributed by atoms with Gasteiger partial charge in [0.05, 0.1) is 0 Å². The molecule has 3 aliphatic rings. The van der Waals surface area contributed by atoms with Crippen LogP contribution < -0.4 is 0 Å². The lowest BCUT2D eigenvalue weighted by atomic mass is 9.93. The Bertz CT molecular complexity index is 598. The third-order valence-electron chi connectivity index (χ3n) is 7.18. The zero-order valence-electron chi connectivity index (χ0n) is 20.4. The van der Waals surface area contributed by atoms with Crippen LogP contribution in [0.3, 0.4) is 0 Å². The highest BCUT2D eigenvalue weighted by Gasteiger charge is 2.38. The van der Waals surface area contributed by atoms with Crippen LogP contribution in [0.4, 0.5) is 4.79 Å². The van der Waals surface area contributed by atoms with Gasteiger partial charge >= 0.3 is 6.09 Å². The Labute approximate surface area is 189 Å². The highest BCUT2D eigenvalue weighted by molar-refractivity contribution is 5.85. The van der Waals surface area contributed by atoms with Crippen LogP contribution in [0, 0.1) is 0 Å². The van der Waals surface area contributed by atoms with E-state index < -0.39 is 11.6 Å². The smallest absolute Gasteiger partial charge is 0.411 e. The third kappa shape index (κ3) is 6.58. The van der Waals surface area contributed by atoms with E-state index in [1.54, 1.807) is 4.90 Å². The van der Waals surface area contributed by atoms with Gasteiger partial charge in [-0.15, -0.1) is 0 Å². The topological polar surface area (TPSA) is 56.3 Å². The van der Waals surface area contributed by atoms with Gasteiger partial charge in [0.1, 0.15) is 11.6 Å². The fraction of sp³-hybridized carbons (Fsp3) is 0.917. The first-order valence-electron chi connectivity index (χ1n) is 12.4. The van der Waals surface area contributed by atoms with E-state index in [9.17, 15) is 9.59 Å². The average Bonchev–Trinajstić information content (AvgIpc) is 2.73. The Morgan fingerprint density at radius 1 is 0.903 bits per heavy atom. The highest BCUT2D eigenvalue weighted by Crippen LogP contribution is 2.27. The van der Waals surface area contributed by atoms with E-state index >= 15 is 0 Å². The van der Waals surface area contributed by atoms with Gasteiger partial charge in [-0.3, -0.25) is 14.6 Å². The molecule has 3 rings (SSSR count). The molecule has 2 aliphatic heterocycles. The van der Waals surface area contributed by atoms with Gasteiger partial charge in [-0.05, 0) is 73.5 Å². The largest absolute Gasteiger partial charge is 0.444 e. The molecule has 0 bridgehead atoms. The molecule has 0 radical (unpaired) electrons. The summed E-state index contributed by atoms with van der Waals surface area (Å²) in [7, 11) is 2.19. The summed E-state index contributed by atoms with van der Waals surface area (Å²) in [6, 6.07) is 0.266. The molecule has 2 heterocycles. The fourth-order valence-corrected chi connectivity index (χ4v) is 5.35. The Hall–Kier alpha value is -1.34. The van der Waals surface area contributed by atoms with E-state index in [4.69, 9.17) is 4.74 Å². The molecule has 0 N–H and O–H groups in total. The van der Waals surface area contributed by atoms with Gasteiger partial charge < -0.3 is 14.5 Å². The predicted molar refractivity (Wildman–Crippen MR) is 123 cm³/mol. The summed E-state index contributed by atoms with van der Waals surface area (Å²) in [5, 5.41) is 0. The Balaban J connectivity index is 1.60. The maximum absolute atomic E-state index is 13.4. The second-order valence-electron chi connectivity index (χ2n) is 10.8. The molecule has 1 aliphatic carbocycles. The van der Waals surface area contributed by atoms with Crippen molar-refractivity contribution < 1.29 is 14.3 Å². The van der Waals surface area contributed by atoms with Crippen molar-refractivity contribution in [3.63, 3.8) is 0 Å². The van der Waals surface area contributed by atoms with Gasteiger partial charge in [0.15, 0.2) is 0 Å². The lowest BCUT2D eigenvalue weighted by Crippen LogP contribution is -2.59. The molecule has 0 aromatic heterocycles. The number of ether oxygens (including phenoxy) is 1. The molecule has 31 heavy (non-hydrogen) atoms. The normalized spacial score (nSPS) is 24.1. The summed E-state index contributed by atoms with van der Waals surface area (Å²) in [4.78, 5) is 35.2. The van der Waals surface area contributed by atoms with E-state index in [1.165, 1.54) is 19.3 Å². The van der Waals surface area contributed by atoms with Gasteiger partial charge in [-0.25, -0.2) is 4.79 Å². The van der Waals surface area contributed by atoms with Gasteiger partial charge in [0, 0.05) is 38.3 Å². The van der Waals surface area contributed by atoms with Crippen molar-refractivity contribution in [1.29, 1.82) is 0 Å². The van der Waals surface area contributed by atoms with Crippen LogP contribution in [-0.4, -0.2) is 102 Å². The number of likely N-dealkylation sites (tertiary alicyclic amines) is 1. The zero-order chi connectivity index (χ0) is 22.6. The zero-order valence-corrected chi connectivity index (χ0v) is 20.4. The first kappa shape index (κ1) is 24.3.